The first kappa shape index (κ1) is 17.6. The maximum atomic E-state index is 6.46. The third-order valence-corrected chi connectivity index (χ3v) is 7.38. The predicted octanol–water partition coefficient (Wildman–Crippen LogP) is 2.51. The molecule has 1 aliphatic carbocycles. The number of rotatable bonds is 4. The van der Waals surface area contributed by atoms with Crippen LogP contribution in [0.5, 0.6) is 17.2 Å². The number of ether oxygens (including phenoxy) is 5. The Bertz CT molecular complexity index is 767. The molecule has 0 amide bonds. The number of hydrogen-bond acceptors (Lipinski definition) is 6. The van der Waals surface area contributed by atoms with E-state index in [1.807, 2.05) is 7.11 Å². The summed E-state index contributed by atoms with van der Waals surface area (Å²) in [5.41, 5.74) is 2.27. The molecule has 3 aliphatic heterocycles. The highest BCUT2D eigenvalue weighted by atomic mass is 16.6. The Morgan fingerprint density at radius 3 is 2.59 bits per heavy atom. The molecule has 4 unspecified atom stereocenters. The van der Waals surface area contributed by atoms with Crippen molar-refractivity contribution in [2.45, 2.75) is 55.5 Å². The maximum Gasteiger partial charge on any atom is 0.203 e. The third-order valence-electron chi connectivity index (χ3n) is 7.38. The van der Waals surface area contributed by atoms with E-state index < -0.39 is 0 Å². The Morgan fingerprint density at radius 1 is 1.07 bits per heavy atom. The molecule has 5 rings (SSSR count). The van der Waals surface area contributed by atoms with E-state index in [-0.39, 0.29) is 23.3 Å². The topological polar surface area (TPSA) is 52.7 Å². The monoisotopic (exact) mass is 375 g/mol. The summed E-state index contributed by atoms with van der Waals surface area (Å²) < 4.78 is 29.6. The van der Waals surface area contributed by atoms with Crippen molar-refractivity contribution in [3.8, 4) is 17.2 Å². The van der Waals surface area contributed by atoms with Crippen LogP contribution in [0.2, 0.25) is 0 Å². The van der Waals surface area contributed by atoms with Gasteiger partial charge in [0.05, 0.1) is 39.1 Å². The Kier molecular flexibility index (Phi) is 3.91. The first-order valence-corrected chi connectivity index (χ1v) is 9.93. The van der Waals surface area contributed by atoms with Gasteiger partial charge in [-0.1, -0.05) is 0 Å². The van der Waals surface area contributed by atoms with Gasteiger partial charge in [0.15, 0.2) is 11.5 Å². The molecule has 0 bridgehead atoms. The van der Waals surface area contributed by atoms with Gasteiger partial charge in [0.25, 0.3) is 0 Å². The van der Waals surface area contributed by atoms with Crippen LogP contribution in [-0.4, -0.2) is 64.2 Å². The number of fused-ring (bicyclic) bond motifs is 1. The lowest BCUT2D eigenvalue weighted by Gasteiger charge is -2.46. The number of methoxy groups -OCH3 is 4. The normalized spacial score (nSPS) is 36.7. The van der Waals surface area contributed by atoms with E-state index in [2.05, 4.69) is 11.0 Å². The lowest BCUT2D eigenvalue weighted by molar-refractivity contribution is -0.0120. The molecule has 3 heterocycles. The SMILES string of the molecule is COc1cc2c(c(OC)c1OC)CCCN1CCC34OC3CC(OC)CC214. The van der Waals surface area contributed by atoms with Crippen molar-refractivity contribution in [3.63, 3.8) is 0 Å². The fourth-order valence-corrected chi connectivity index (χ4v) is 6.23. The first-order chi connectivity index (χ1) is 13.1. The molecule has 1 saturated carbocycles. The summed E-state index contributed by atoms with van der Waals surface area (Å²) in [7, 11) is 6.91. The lowest BCUT2D eigenvalue weighted by atomic mass is 9.67. The van der Waals surface area contributed by atoms with Gasteiger partial charge < -0.3 is 23.7 Å². The average Bonchev–Trinajstić information content (AvgIpc) is 3.37. The van der Waals surface area contributed by atoms with Crippen LogP contribution in [0.3, 0.4) is 0 Å². The highest BCUT2D eigenvalue weighted by Gasteiger charge is 2.77. The van der Waals surface area contributed by atoms with Gasteiger partial charge in [0, 0.05) is 25.6 Å². The summed E-state index contributed by atoms with van der Waals surface area (Å²) in [4.78, 5) is 2.65. The highest BCUT2D eigenvalue weighted by Crippen LogP contribution is 2.68. The lowest BCUT2D eigenvalue weighted by Crippen LogP contribution is -2.55. The van der Waals surface area contributed by atoms with E-state index in [1.54, 1.807) is 21.3 Å². The van der Waals surface area contributed by atoms with Crippen LogP contribution in [0.15, 0.2) is 6.07 Å². The molecule has 6 nitrogen and oxygen atoms in total. The van der Waals surface area contributed by atoms with Crippen LogP contribution in [0.4, 0.5) is 0 Å². The van der Waals surface area contributed by atoms with Gasteiger partial charge in [-0.25, -0.2) is 0 Å². The maximum absolute atomic E-state index is 6.46. The van der Waals surface area contributed by atoms with Gasteiger partial charge in [-0.15, -0.1) is 0 Å². The molecule has 1 aromatic rings. The molecule has 0 radical (unpaired) electrons. The predicted molar refractivity (Wildman–Crippen MR) is 99.9 cm³/mol. The first-order valence-electron chi connectivity index (χ1n) is 9.93. The molecule has 6 heteroatoms. The molecule has 2 spiro atoms. The standard InChI is InChI=1S/C21H29NO5/c1-23-13-10-17-21(27-17)7-9-22-8-5-6-14-15(20(21,22)12-13)11-16(24-2)19(26-4)18(14)25-3/h11,13,17H,5-10,12H2,1-4H3. The van der Waals surface area contributed by atoms with Crippen molar-refractivity contribution in [1.29, 1.82) is 0 Å². The van der Waals surface area contributed by atoms with E-state index in [4.69, 9.17) is 23.7 Å². The summed E-state index contributed by atoms with van der Waals surface area (Å²) in [6.07, 6.45) is 5.58. The number of epoxide rings is 1. The van der Waals surface area contributed by atoms with Gasteiger partial charge in [-0.05, 0) is 43.9 Å². The number of nitrogens with zero attached hydrogens (tertiary/aromatic N) is 1. The molecule has 27 heavy (non-hydrogen) atoms. The Labute approximate surface area is 160 Å². The molecule has 0 N–H and O–H groups in total. The van der Waals surface area contributed by atoms with Gasteiger partial charge in [0.1, 0.15) is 5.60 Å². The van der Waals surface area contributed by atoms with E-state index >= 15 is 0 Å². The number of benzene rings is 1. The van der Waals surface area contributed by atoms with E-state index in [0.29, 0.717) is 5.75 Å². The summed E-state index contributed by atoms with van der Waals surface area (Å²) >= 11 is 0. The molecular formula is C21H29NO5. The van der Waals surface area contributed by atoms with Crippen molar-refractivity contribution in [2.75, 3.05) is 41.5 Å². The molecule has 148 valence electrons. The van der Waals surface area contributed by atoms with Crippen LogP contribution < -0.4 is 14.2 Å². The minimum Gasteiger partial charge on any atom is -0.493 e. The smallest absolute Gasteiger partial charge is 0.203 e. The second kappa shape index (κ2) is 6.00. The summed E-state index contributed by atoms with van der Waals surface area (Å²) in [5.74, 6) is 2.22. The molecule has 1 aromatic carbocycles. The summed E-state index contributed by atoms with van der Waals surface area (Å²) in [6, 6.07) is 2.18. The van der Waals surface area contributed by atoms with E-state index in [9.17, 15) is 0 Å². The van der Waals surface area contributed by atoms with Crippen molar-refractivity contribution in [1.82, 2.24) is 4.90 Å². The van der Waals surface area contributed by atoms with E-state index in [1.165, 1.54) is 11.1 Å². The Balaban J connectivity index is 1.78. The molecule has 3 fully saturated rings. The second-order valence-corrected chi connectivity index (χ2v) is 8.17. The average molecular weight is 375 g/mol. The Hall–Kier alpha value is -1.50. The van der Waals surface area contributed by atoms with Crippen LogP contribution in [0, 0.1) is 0 Å². The largest absolute Gasteiger partial charge is 0.493 e. The van der Waals surface area contributed by atoms with Crippen molar-refractivity contribution >= 4 is 0 Å². The van der Waals surface area contributed by atoms with E-state index in [0.717, 1.165) is 56.7 Å². The van der Waals surface area contributed by atoms with Crippen molar-refractivity contribution in [2.24, 2.45) is 0 Å². The summed E-state index contributed by atoms with van der Waals surface area (Å²) in [5, 5.41) is 0. The zero-order valence-electron chi connectivity index (χ0n) is 16.7. The van der Waals surface area contributed by atoms with Crippen LogP contribution >= 0.6 is 0 Å². The quantitative estimate of drug-likeness (QED) is 0.754. The van der Waals surface area contributed by atoms with Gasteiger partial charge in [-0.2, -0.15) is 0 Å². The molecule has 4 aliphatic rings. The zero-order valence-corrected chi connectivity index (χ0v) is 16.7. The molecular weight excluding hydrogens is 346 g/mol. The minimum atomic E-state index is -0.171. The highest BCUT2D eigenvalue weighted by molar-refractivity contribution is 5.62. The van der Waals surface area contributed by atoms with Crippen LogP contribution in [0.1, 0.15) is 36.8 Å². The Morgan fingerprint density at radius 2 is 1.89 bits per heavy atom. The van der Waals surface area contributed by atoms with Crippen molar-refractivity contribution in [3.05, 3.63) is 17.2 Å². The molecule has 4 atom stereocenters. The molecule has 2 saturated heterocycles. The third kappa shape index (κ3) is 2.07. The minimum absolute atomic E-state index is 0.0915. The van der Waals surface area contributed by atoms with Crippen molar-refractivity contribution < 1.29 is 23.7 Å². The zero-order chi connectivity index (χ0) is 18.8. The fourth-order valence-electron chi connectivity index (χ4n) is 6.23. The second-order valence-electron chi connectivity index (χ2n) is 8.17. The summed E-state index contributed by atoms with van der Waals surface area (Å²) in [6.45, 7) is 2.14. The van der Waals surface area contributed by atoms with Gasteiger partial charge >= 0.3 is 0 Å². The number of hydrogen-bond donors (Lipinski definition) is 0. The van der Waals surface area contributed by atoms with Gasteiger partial charge in [0.2, 0.25) is 5.75 Å². The van der Waals surface area contributed by atoms with Gasteiger partial charge in [-0.3, -0.25) is 4.90 Å². The van der Waals surface area contributed by atoms with Crippen LogP contribution in [-0.2, 0) is 21.4 Å². The molecule has 0 aromatic heterocycles. The van der Waals surface area contributed by atoms with Crippen LogP contribution in [0.25, 0.3) is 0 Å². The fraction of sp³-hybridized carbons (Fsp3) is 0.714.